The Morgan fingerprint density at radius 2 is 1.81 bits per heavy atom. The summed E-state index contributed by atoms with van der Waals surface area (Å²) in [4.78, 5) is 38.0. The number of nitrogens with one attached hydrogen (secondary N) is 1. The predicted octanol–water partition coefficient (Wildman–Crippen LogP) is 2.78. The van der Waals surface area contributed by atoms with Crippen molar-refractivity contribution in [2.24, 2.45) is 5.92 Å². The summed E-state index contributed by atoms with van der Waals surface area (Å²) in [6, 6.07) is 16.7. The summed E-state index contributed by atoms with van der Waals surface area (Å²) in [6.45, 7) is 1.96. The molecule has 1 fully saturated rings. The number of rotatable bonds is 6. The molecule has 27 heavy (non-hydrogen) atoms. The summed E-state index contributed by atoms with van der Waals surface area (Å²) < 4.78 is 5.10. The molecule has 2 aromatic carbocycles. The van der Waals surface area contributed by atoms with Gasteiger partial charge in [-0.2, -0.15) is 0 Å². The van der Waals surface area contributed by atoms with E-state index in [1.165, 1.54) is 5.56 Å². The molecule has 1 heterocycles. The van der Waals surface area contributed by atoms with Crippen LogP contribution >= 0.6 is 0 Å². The highest BCUT2D eigenvalue weighted by atomic mass is 16.5. The van der Waals surface area contributed by atoms with E-state index in [0.29, 0.717) is 5.69 Å². The number of hydrogen-bond acceptors (Lipinski definition) is 4. The predicted molar refractivity (Wildman–Crippen MR) is 102 cm³/mol. The maximum absolute atomic E-state index is 12.3. The van der Waals surface area contributed by atoms with Gasteiger partial charge in [-0.25, -0.2) is 0 Å². The number of ether oxygens (including phenoxy) is 1. The van der Waals surface area contributed by atoms with Gasteiger partial charge in [0.15, 0.2) is 6.61 Å². The topological polar surface area (TPSA) is 75.7 Å². The van der Waals surface area contributed by atoms with Gasteiger partial charge in [0, 0.05) is 24.3 Å². The number of aryl methyl sites for hydroxylation is 1. The minimum atomic E-state index is -0.562. The monoisotopic (exact) mass is 366 g/mol. The second kappa shape index (κ2) is 8.49. The molecule has 1 N–H and O–H groups in total. The van der Waals surface area contributed by atoms with E-state index in [9.17, 15) is 14.4 Å². The molecule has 140 valence electrons. The van der Waals surface area contributed by atoms with Crippen LogP contribution in [0.25, 0.3) is 0 Å². The fourth-order valence-corrected chi connectivity index (χ4v) is 3.00. The summed E-state index contributed by atoms with van der Waals surface area (Å²) >= 11 is 0. The highest BCUT2D eigenvalue weighted by Crippen LogP contribution is 2.26. The average Bonchev–Trinajstić information content (AvgIpc) is 3.09. The molecule has 0 unspecified atom stereocenters. The van der Waals surface area contributed by atoms with Crippen molar-refractivity contribution < 1.29 is 19.1 Å². The third kappa shape index (κ3) is 4.73. The van der Waals surface area contributed by atoms with Crippen LogP contribution in [0.2, 0.25) is 0 Å². The zero-order chi connectivity index (χ0) is 19.2. The number of carbonyl (C=O) groups is 3. The van der Waals surface area contributed by atoms with Gasteiger partial charge in [-0.1, -0.05) is 37.3 Å². The minimum Gasteiger partial charge on any atom is -0.455 e. The Labute approximate surface area is 158 Å². The van der Waals surface area contributed by atoms with Gasteiger partial charge < -0.3 is 15.0 Å². The first-order chi connectivity index (χ1) is 13.1. The molecule has 2 aromatic rings. The van der Waals surface area contributed by atoms with Gasteiger partial charge in [0.05, 0.1) is 5.92 Å². The smallest absolute Gasteiger partial charge is 0.311 e. The number of carbonyl (C=O) groups excluding carboxylic acids is 3. The average molecular weight is 366 g/mol. The van der Waals surface area contributed by atoms with Crippen LogP contribution < -0.4 is 10.2 Å². The lowest BCUT2D eigenvalue weighted by molar-refractivity contribution is -0.151. The molecule has 1 saturated heterocycles. The molecule has 2 amide bonds. The van der Waals surface area contributed by atoms with Gasteiger partial charge in [0.1, 0.15) is 0 Å². The molecule has 3 rings (SSSR count). The lowest BCUT2D eigenvalue weighted by Gasteiger charge is -2.17. The highest BCUT2D eigenvalue weighted by Gasteiger charge is 2.36. The summed E-state index contributed by atoms with van der Waals surface area (Å²) in [5, 5.41) is 2.65. The molecule has 6 heteroatoms. The molecule has 0 aliphatic carbocycles. The first-order valence-electron chi connectivity index (χ1n) is 8.97. The van der Waals surface area contributed by atoms with E-state index in [1.807, 2.05) is 30.3 Å². The van der Waals surface area contributed by atoms with Crippen molar-refractivity contribution in [1.82, 2.24) is 0 Å². The minimum absolute atomic E-state index is 0.0919. The van der Waals surface area contributed by atoms with Crippen molar-refractivity contribution in [2.75, 3.05) is 23.4 Å². The van der Waals surface area contributed by atoms with Crippen LogP contribution in [0.15, 0.2) is 54.6 Å². The Balaban J connectivity index is 1.51. The van der Waals surface area contributed by atoms with Crippen molar-refractivity contribution >= 4 is 29.2 Å². The molecular formula is C21H22N2O4. The highest BCUT2D eigenvalue weighted by molar-refractivity contribution is 6.00. The summed E-state index contributed by atoms with van der Waals surface area (Å²) in [5.74, 6) is -1.62. The third-order valence-corrected chi connectivity index (χ3v) is 4.52. The fraction of sp³-hybridized carbons (Fsp3) is 0.286. The van der Waals surface area contributed by atoms with Gasteiger partial charge in [-0.05, 0) is 36.2 Å². The largest absolute Gasteiger partial charge is 0.455 e. The summed E-state index contributed by atoms with van der Waals surface area (Å²) in [7, 11) is 0. The van der Waals surface area contributed by atoms with Crippen LogP contribution in [-0.4, -0.2) is 30.9 Å². The van der Waals surface area contributed by atoms with E-state index in [-0.39, 0.29) is 25.5 Å². The standard InChI is InChI=1S/C21H22N2O4/c1-2-15-8-10-18(11-9-15)23-13-16(12-20(23)25)21(26)27-14-19(24)22-17-6-4-3-5-7-17/h3-11,16H,2,12-14H2,1H3,(H,22,24)/t16-/m1/s1. The summed E-state index contributed by atoms with van der Waals surface area (Å²) in [6.07, 6.45) is 1.02. The molecule has 0 spiro atoms. The zero-order valence-corrected chi connectivity index (χ0v) is 15.2. The van der Waals surface area contributed by atoms with E-state index < -0.39 is 17.8 Å². The Bertz CT molecular complexity index is 818. The van der Waals surface area contributed by atoms with Crippen molar-refractivity contribution in [1.29, 1.82) is 0 Å². The SMILES string of the molecule is CCc1ccc(N2C[C@H](C(=O)OCC(=O)Nc3ccccc3)CC2=O)cc1. The molecule has 0 saturated carbocycles. The lowest BCUT2D eigenvalue weighted by Crippen LogP contribution is -2.28. The number of esters is 1. The van der Waals surface area contributed by atoms with Crippen molar-refractivity contribution in [3.8, 4) is 0 Å². The number of anilines is 2. The third-order valence-electron chi connectivity index (χ3n) is 4.52. The molecular weight excluding hydrogens is 344 g/mol. The Kier molecular flexibility index (Phi) is 5.86. The van der Waals surface area contributed by atoms with Gasteiger partial charge >= 0.3 is 5.97 Å². The quantitative estimate of drug-likeness (QED) is 0.798. The number of nitrogens with zero attached hydrogens (tertiary/aromatic N) is 1. The van der Waals surface area contributed by atoms with Crippen molar-refractivity contribution in [3.05, 3.63) is 60.2 Å². The first-order valence-corrected chi connectivity index (χ1v) is 8.97. The first kappa shape index (κ1) is 18.6. The maximum atomic E-state index is 12.3. The molecule has 1 aliphatic heterocycles. The van der Waals surface area contributed by atoms with Crippen LogP contribution in [0.5, 0.6) is 0 Å². The number of para-hydroxylation sites is 1. The zero-order valence-electron chi connectivity index (χ0n) is 15.2. The number of hydrogen-bond donors (Lipinski definition) is 1. The molecule has 1 aliphatic rings. The number of amides is 2. The van der Waals surface area contributed by atoms with E-state index in [1.54, 1.807) is 29.2 Å². The van der Waals surface area contributed by atoms with Crippen LogP contribution in [-0.2, 0) is 25.5 Å². The lowest BCUT2D eigenvalue weighted by atomic mass is 10.1. The van der Waals surface area contributed by atoms with E-state index in [2.05, 4.69) is 12.2 Å². The molecule has 6 nitrogen and oxygen atoms in total. The normalized spacial score (nSPS) is 16.3. The number of benzene rings is 2. The van der Waals surface area contributed by atoms with Gasteiger partial charge in [-0.3, -0.25) is 14.4 Å². The van der Waals surface area contributed by atoms with Crippen LogP contribution in [0, 0.1) is 5.92 Å². The maximum Gasteiger partial charge on any atom is 0.311 e. The molecule has 0 aromatic heterocycles. The van der Waals surface area contributed by atoms with Gasteiger partial charge in [-0.15, -0.1) is 0 Å². The van der Waals surface area contributed by atoms with Gasteiger partial charge in [0.2, 0.25) is 5.91 Å². The van der Waals surface area contributed by atoms with Gasteiger partial charge in [0.25, 0.3) is 5.91 Å². The molecule has 0 bridgehead atoms. The molecule has 0 radical (unpaired) electrons. The van der Waals surface area contributed by atoms with Crippen LogP contribution in [0.3, 0.4) is 0 Å². The Morgan fingerprint density at radius 3 is 2.48 bits per heavy atom. The summed E-state index contributed by atoms with van der Waals surface area (Å²) in [5.41, 5.74) is 2.59. The van der Waals surface area contributed by atoms with E-state index >= 15 is 0 Å². The van der Waals surface area contributed by atoms with Crippen LogP contribution in [0.1, 0.15) is 18.9 Å². The fourth-order valence-electron chi connectivity index (χ4n) is 3.00. The molecule has 1 atom stereocenters. The second-order valence-electron chi connectivity index (χ2n) is 6.45. The second-order valence-corrected chi connectivity index (χ2v) is 6.45. The Hall–Kier alpha value is -3.15. The van der Waals surface area contributed by atoms with Crippen molar-refractivity contribution in [3.63, 3.8) is 0 Å². The van der Waals surface area contributed by atoms with E-state index in [4.69, 9.17) is 4.74 Å². The van der Waals surface area contributed by atoms with Crippen molar-refractivity contribution in [2.45, 2.75) is 19.8 Å². The van der Waals surface area contributed by atoms with E-state index in [0.717, 1.165) is 12.1 Å². The van der Waals surface area contributed by atoms with Crippen LogP contribution in [0.4, 0.5) is 11.4 Å². The Morgan fingerprint density at radius 1 is 1.11 bits per heavy atom.